The third-order valence-electron chi connectivity index (χ3n) is 4.44. The number of sulfonamides is 1. The van der Waals surface area contributed by atoms with Gasteiger partial charge in [0.25, 0.3) is 0 Å². The number of halogens is 1. The molecule has 0 unspecified atom stereocenters. The quantitative estimate of drug-likeness (QED) is 0.505. The summed E-state index contributed by atoms with van der Waals surface area (Å²) in [7, 11) is -3.72. The Labute approximate surface area is 167 Å². The molecule has 0 aliphatic carbocycles. The smallest absolute Gasteiger partial charge is 0.240 e. The zero-order valence-electron chi connectivity index (χ0n) is 15.2. The van der Waals surface area contributed by atoms with Crippen LogP contribution in [0.3, 0.4) is 0 Å². The van der Waals surface area contributed by atoms with Crippen molar-refractivity contribution in [1.82, 2.24) is 9.71 Å². The van der Waals surface area contributed by atoms with Crippen molar-refractivity contribution in [3.63, 3.8) is 0 Å². The molecule has 2 aromatic heterocycles. The molecule has 5 nitrogen and oxygen atoms in total. The summed E-state index contributed by atoms with van der Waals surface area (Å²) in [5, 5.41) is 0. The molecule has 4 rings (SSSR count). The minimum Gasteiger partial charge on any atom is -0.463 e. The maximum Gasteiger partial charge on any atom is 0.240 e. The van der Waals surface area contributed by atoms with Crippen LogP contribution >= 0.6 is 0 Å². The largest absolute Gasteiger partial charge is 0.463 e. The van der Waals surface area contributed by atoms with Gasteiger partial charge in [-0.25, -0.2) is 17.5 Å². The van der Waals surface area contributed by atoms with Gasteiger partial charge in [0.1, 0.15) is 11.5 Å². The Bertz CT molecular complexity index is 1200. The lowest BCUT2D eigenvalue weighted by atomic mass is 10.1. The van der Waals surface area contributed by atoms with Crippen LogP contribution in [-0.4, -0.2) is 13.4 Å². The monoisotopic (exact) mass is 408 g/mol. The van der Waals surface area contributed by atoms with Crippen LogP contribution in [0.2, 0.25) is 0 Å². The normalized spacial score (nSPS) is 11.5. The van der Waals surface area contributed by atoms with Gasteiger partial charge in [0, 0.05) is 12.7 Å². The van der Waals surface area contributed by atoms with Crippen LogP contribution in [0.5, 0.6) is 0 Å². The number of pyridine rings is 1. The molecule has 0 aliphatic rings. The second-order valence-corrected chi connectivity index (χ2v) is 8.11. The summed E-state index contributed by atoms with van der Waals surface area (Å²) >= 11 is 0. The molecule has 0 fully saturated rings. The number of hydrogen-bond donors (Lipinski definition) is 1. The first-order valence-electron chi connectivity index (χ1n) is 8.86. The third kappa shape index (κ3) is 4.26. The number of hydrogen-bond acceptors (Lipinski definition) is 4. The van der Waals surface area contributed by atoms with Crippen molar-refractivity contribution in [1.29, 1.82) is 0 Å². The zero-order chi connectivity index (χ0) is 20.3. The molecule has 2 aromatic carbocycles. The molecule has 0 atom stereocenters. The Morgan fingerprint density at radius 1 is 0.897 bits per heavy atom. The predicted molar refractivity (Wildman–Crippen MR) is 108 cm³/mol. The number of benzene rings is 2. The molecule has 0 bridgehead atoms. The fraction of sp³-hybridized carbons (Fsp3) is 0.0455. The van der Waals surface area contributed by atoms with Gasteiger partial charge in [-0.05, 0) is 59.2 Å². The summed E-state index contributed by atoms with van der Waals surface area (Å²) < 4.78 is 46.4. The molecule has 7 heteroatoms. The van der Waals surface area contributed by atoms with E-state index in [0.29, 0.717) is 17.0 Å². The van der Waals surface area contributed by atoms with E-state index in [-0.39, 0.29) is 17.3 Å². The molecule has 29 heavy (non-hydrogen) atoms. The van der Waals surface area contributed by atoms with Gasteiger partial charge >= 0.3 is 0 Å². The van der Waals surface area contributed by atoms with Crippen LogP contribution in [0.1, 0.15) is 5.56 Å². The Hall–Kier alpha value is -3.29. The Morgan fingerprint density at radius 3 is 2.24 bits per heavy atom. The average molecular weight is 408 g/mol. The van der Waals surface area contributed by atoms with E-state index in [1.807, 2.05) is 0 Å². The summed E-state index contributed by atoms with van der Waals surface area (Å²) in [6, 6.07) is 19.5. The van der Waals surface area contributed by atoms with Crippen molar-refractivity contribution >= 4 is 10.0 Å². The van der Waals surface area contributed by atoms with Gasteiger partial charge < -0.3 is 4.42 Å². The summed E-state index contributed by atoms with van der Waals surface area (Å²) in [5.74, 6) is 0.255. The first-order valence-corrected chi connectivity index (χ1v) is 10.3. The molecule has 0 saturated heterocycles. The summed E-state index contributed by atoms with van der Waals surface area (Å²) in [5.41, 5.74) is 2.90. The van der Waals surface area contributed by atoms with Crippen LogP contribution in [0.25, 0.3) is 22.6 Å². The highest BCUT2D eigenvalue weighted by atomic mass is 32.2. The maximum absolute atomic E-state index is 13.1. The summed E-state index contributed by atoms with van der Waals surface area (Å²) in [6.07, 6.45) is 3.17. The van der Waals surface area contributed by atoms with Gasteiger partial charge in [0.15, 0.2) is 5.76 Å². The van der Waals surface area contributed by atoms with Crippen LogP contribution < -0.4 is 4.72 Å². The van der Waals surface area contributed by atoms with Crippen LogP contribution in [0.4, 0.5) is 4.39 Å². The Kier molecular flexibility index (Phi) is 5.24. The predicted octanol–water partition coefficient (Wildman–Crippen LogP) is 4.63. The first-order chi connectivity index (χ1) is 14.0. The van der Waals surface area contributed by atoms with E-state index in [1.165, 1.54) is 24.3 Å². The molecule has 0 spiro atoms. The molecule has 0 saturated carbocycles. The van der Waals surface area contributed by atoms with E-state index in [2.05, 4.69) is 9.71 Å². The van der Waals surface area contributed by atoms with E-state index in [4.69, 9.17) is 4.42 Å². The molecule has 0 aliphatic heterocycles. The van der Waals surface area contributed by atoms with E-state index >= 15 is 0 Å². The molecule has 0 amide bonds. The second kappa shape index (κ2) is 7.98. The zero-order valence-corrected chi connectivity index (χ0v) is 16.1. The summed E-state index contributed by atoms with van der Waals surface area (Å²) in [4.78, 5) is 4.44. The van der Waals surface area contributed by atoms with E-state index in [1.54, 1.807) is 61.0 Å². The number of furan rings is 1. The van der Waals surface area contributed by atoms with Gasteiger partial charge in [-0.15, -0.1) is 0 Å². The fourth-order valence-electron chi connectivity index (χ4n) is 2.94. The van der Waals surface area contributed by atoms with E-state index in [0.717, 1.165) is 11.1 Å². The fourth-order valence-corrected chi connectivity index (χ4v) is 3.95. The van der Waals surface area contributed by atoms with Crippen LogP contribution in [0, 0.1) is 5.82 Å². The van der Waals surface area contributed by atoms with Crippen molar-refractivity contribution in [2.45, 2.75) is 11.4 Å². The first kappa shape index (κ1) is 19.0. The standard InChI is InChI=1S/C22H17FN2O3S/c23-19-9-5-16(6-10-19)17-7-11-20(12-8-17)29(26,27)25-15-18-3-1-13-24-22(18)21-4-2-14-28-21/h1-14,25H,15H2. The van der Waals surface area contributed by atoms with Crippen molar-refractivity contribution in [2.24, 2.45) is 0 Å². The molecular formula is C22H17FN2O3S. The SMILES string of the molecule is O=S(=O)(NCc1cccnc1-c1ccco1)c1ccc(-c2ccc(F)cc2)cc1. The highest BCUT2D eigenvalue weighted by molar-refractivity contribution is 7.89. The maximum atomic E-state index is 13.1. The lowest BCUT2D eigenvalue weighted by Gasteiger charge is -2.10. The van der Waals surface area contributed by atoms with Crippen molar-refractivity contribution in [3.8, 4) is 22.6 Å². The summed E-state index contributed by atoms with van der Waals surface area (Å²) in [6.45, 7) is 0.0753. The minimum atomic E-state index is -3.72. The Balaban J connectivity index is 1.52. The van der Waals surface area contributed by atoms with Crippen LogP contribution in [0.15, 0.2) is 94.6 Å². The van der Waals surface area contributed by atoms with Crippen molar-refractivity contribution < 1.29 is 17.2 Å². The number of nitrogens with one attached hydrogen (secondary N) is 1. The lowest BCUT2D eigenvalue weighted by molar-refractivity contribution is 0.575. The highest BCUT2D eigenvalue weighted by Gasteiger charge is 2.16. The van der Waals surface area contributed by atoms with Crippen LogP contribution in [-0.2, 0) is 16.6 Å². The van der Waals surface area contributed by atoms with Gasteiger partial charge in [0.05, 0.1) is 11.2 Å². The van der Waals surface area contributed by atoms with E-state index < -0.39 is 10.0 Å². The molecule has 1 N–H and O–H groups in total. The van der Waals surface area contributed by atoms with E-state index in [9.17, 15) is 12.8 Å². The van der Waals surface area contributed by atoms with Crippen molar-refractivity contribution in [3.05, 3.63) is 96.6 Å². The molecule has 2 heterocycles. The third-order valence-corrected chi connectivity index (χ3v) is 5.86. The minimum absolute atomic E-state index is 0.0753. The lowest BCUT2D eigenvalue weighted by Crippen LogP contribution is -2.23. The highest BCUT2D eigenvalue weighted by Crippen LogP contribution is 2.23. The number of rotatable bonds is 6. The molecule has 146 valence electrons. The number of aromatic nitrogens is 1. The van der Waals surface area contributed by atoms with Crippen molar-refractivity contribution in [2.75, 3.05) is 0 Å². The number of nitrogens with zero attached hydrogens (tertiary/aromatic N) is 1. The molecular weight excluding hydrogens is 391 g/mol. The van der Waals surface area contributed by atoms with Gasteiger partial charge in [-0.2, -0.15) is 0 Å². The average Bonchev–Trinajstić information content (AvgIpc) is 3.28. The molecule has 4 aromatic rings. The topological polar surface area (TPSA) is 72.2 Å². The van der Waals surface area contributed by atoms with Gasteiger partial charge in [-0.1, -0.05) is 30.3 Å². The van der Waals surface area contributed by atoms with Gasteiger partial charge in [-0.3, -0.25) is 4.98 Å². The Morgan fingerprint density at radius 2 is 1.59 bits per heavy atom. The van der Waals surface area contributed by atoms with Gasteiger partial charge in [0.2, 0.25) is 10.0 Å². The second-order valence-electron chi connectivity index (χ2n) is 6.34. The molecule has 0 radical (unpaired) electrons.